The molecule has 2 aromatic heterocycles. The lowest BCUT2D eigenvalue weighted by atomic mass is 10.2. The molecule has 0 spiro atoms. The van der Waals surface area contributed by atoms with Gasteiger partial charge in [-0.15, -0.1) is 0 Å². The number of carbonyl (C=O) groups excluding carboxylic acids is 1. The van der Waals surface area contributed by atoms with Crippen LogP contribution in [0.2, 0.25) is 0 Å². The summed E-state index contributed by atoms with van der Waals surface area (Å²) in [5.41, 5.74) is 0.479. The number of carbonyl (C=O) groups is 1. The molecule has 1 unspecified atom stereocenters. The third kappa shape index (κ3) is 3.79. The molecule has 0 radical (unpaired) electrons. The summed E-state index contributed by atoms with van der Waals surface area (Å²) < 4.78 is 41.9. The molecule has 2 heterocycles. The molecule has 1 saturated carbocycles. The fraction of sp³-hybridized carbons (Fsp3) is 0.316. The van der Waals surface area contributed by atoms with Gasteiger partial charge in [-0.25, -0.2) is 0 Å². The molecule has 1 amide bonds. The molecule has 3 aromatic rings. The Hall–Kier alpha value is -1.94. The zero-order valence-corrected chi connectivity index (χ0v) is 18.3. The maximum absolute atomic E-state index is 13.3. The largest absolute Gasteiger partial charge is 0.436 e. The number of aromatic nitrogens is 3. The van der Waals surface area contributed by atoms with Gasteiger partial charge in [0.1, 0.15) is 6.04 Å². The number of hydrogen-bond donors (Lipinski definition) is 1. The SMILES string of the molecule is CC(C(=O)Nc1ccc(Br)c2cccnc12)n1nc(C(F)(F)F)c(Br)c1C1CC1. The van der Waals surface area contributed by atoms with Gasteiger partial charge < -0.3 is 5.32 Å². The van der Waals surface area contributed by atoms with Crippen molar-refractivity contribution in [1.29, 1.82) is 0 Å². The van der Waals surface area contributed by atoms with Crippen LogP contribution in [0, 0.1) is 0 Å². The molecule has 1 fully saturated rings. The van der Waals surface area contributed by atoms with Gasteiger partial charge in [-0.2, -0.15) is 18.3 Å². The van der Waals surface area contributed by atoms with Gasteiger partial charge >= 0.3 is 6.18 Å². The third-order valence-corrected chi connectivity index (χ3v) is 6.31. The summed E-state index contributed by atoms with van der Waals surface area (Å²) in [6, 6.07) is 6.19. The summed E-state index contributed by atoms with van der Waals surface area (Å²) in [5, 5.41) is 7.34. The topological polar surface area (TPSA) is 59.8 Å². The maximum atomic E-state index is 13.3. The minimum atomic E-state index is -4.60. The van der Waals surface area contributed by atoms with Gasteiger partial charge in [0, 0.05) is 22.0 Å². The van der Waals surface area contributed by atoms with Crippen LogP contribution in [0.15, 0.2) is 39.4 Å². The van der Waals surface area contributed by atoms with Crippen molar-refractivity contribution >= 4 is 54.4 Å². The average molecular weight is 532 g/mol. The van der Waals surface area contributed by atoms with E-state index in [0.717, 1.165) is 22.7 Å². The van der Waals surface area contributed by atoms with Crippen LogP contribution in [0.25, 0.3) is 10.9 Å². The van der Waals surface area contributed by atoms with E-state index < -0.39 is 23.8 Å². The average Bonchev–Trinajstić information content (AvgIpc) is 3.44. The predicted octanol–water partition coefficient (Wildman–Crippen LogP) is 6.05. The molecule has 1 atom stereocenters. The Kier molecular flexibility index (Phi) is 5.18. The molecule has 4 rings (SSSR count). The molecule has 1 aliphatic carbocycles. The van der Waals surface area contributed by atoms with Crippen LogP contribution in [0.3, 0.4) is 0 Å². The molecule has 0 bridgehead atoms. The third-order valence-electron chi connectivity index (χ3n) is 4.84. The zero-order valence-electron chi connectivity index (χ0n) is 15.1. The Balaban J connectivity index is 1.68. The Labute approximate surface area is 180 Å². The maximum Gasteiger partial charge on any atom is 0.436 e. The van der Waals surface area contributed by atoms with Crippen LogP contribution in [0.1, 0.15) is 43.1 Å². The second-order valence-corrected chi connectivity index (χ2v) is 8.57. The van der Waals surface area contributed by atoms with E-state index in [0.29, 0.717) is 16.9 Å². The van der Waals surface area contributed by atoms with Crippen molar-refractivity contribution in [3.63, 3.8) is 0 Å². The highest BCUT2D eigenvalue weighted by molar-refractivity contribution is 9.11. The summed E-state index contributed by atoms with van der Waals surface area (Å²) in [6.07, 6.45) is -1.44. The van der Waals surface area contributed by atoms with Crippen molar-refractivity contribution in [3.05, 3.63) is 50.8 Å². The number of alkyl halides is 3. The van der Waals surface area contributed by atoms with Crippen molar-refractivity contribution in [3.8, 4) is 0 Å². The van der Waals surface area contributed by atoms with Gasteiger partial charge in [0.15, 0.2) is 5.69 Å². The molecule has 0 saturated heterocycles. The normalized spacial score (nSPS) is 15.5. The van der Waals surface area contributed by atoms with E-state index in [1.807, 2.05) is 6.07 Å². The Morgan fingerprint density at radius 1 is 1.28 bits per heavy atom. The monoisotopic (exact) mass is 530 g/mol. The molecular formula is C19H15Br2F3N4O. The lowest BCUT2D eigenvalue weighted by molar-refractivity contribution is -0.142. The van der Waals surface area contributed by atoms with Crippen LogP contribution in [-0.4, -0.2) is 20.7 Å². The number of pyridine rings is 1. The molecule has 152 valence electrons. The van der Waals surface area contributed by atoms with Crippen molar-refractivity contribution in [2.24, 2.45) is 0 Å². The number of anilines is 1. The number of rotatable bonds is 4. The van der Waals surface area contributed by atoms with Gasteiger partial charge in [0.25, 0.3) is 0 Å². The van der Waals surface area contributed by atoms with Crippen LogP contribution in [-0.2, 0) is 11.0 Å². The Morgan fingerprint density at radius 3 is 2.66 bits per heavy atom. The lowest BCUT2D eigenvalue weighted by Gasteiger charge is -2.17. The molecular weight excluding hydrogens is 517 g/mol. The van der Waals surface area contributed by atoms with Crippen LogP contribution < -0.4 is 5.32 Å². The van der Waals surface area contributed by atoms with Crippen LogP contribution in [0.5, 0.6) is 0 Å². The van der Waals surface area contributed by atoms with E-state index in [4.69, 9.17) is 0 Å². The van der Waals surface area contributed by atoms with E-state index in [-0.39, 0.29) is 10.4 Å². The molecule has 1 N–H and O–H groups in total. The second-order valence-electron chi connectivity index (χ2n) is 6.92. The van der Waals surface area contributed by atoms with E-state index in [2.05, 4.69) is 47.3 Å². The number of benzene rings is 1. The van der Waals surface area contributed by atoms with Crippen LogP contribution >= 0.6 is 31.9 Å². The fourth-order valence-corrected chi connectivity index (χ4v) is 4.48. The number of nitrogens with one attached hydrogen (secondary N) is 1. The molecule has 29 heavy (non-hydrogen) atoms. The predicted molar refractivity (Wildman–Crippen MR) is 110 cm³/mol. The number of halogens is 5. The summed E-state index contributed by atoms with van der Waals surface area (Å²) in [4.78, 5) is 17.2. The fourth-order valence-electron chi connectivity index (χ4n) is 3.21. The minimum absolute atomic E-state index is 0.0293. The highest BCUT2D eigenvalue weighted by atomic mass is 79.9. The number of nitrogens with zero attached hydrogens (tertiary/aromatic N) is 3. The molecule has 0 aliphatic heterocycles. The quantitative estimate of drug-likeness (QED) is 0.445. The Bertz CT molecular complexity index is 1110. The molecule has 1 aliphatic rings. The standard InChI is InChI=1S/C19H15Br2F3N4O/c1-9(28-16(10-4-5-10)14(21)17(27-28)19(22,23)24)18(29)26-13-7-6-12(20)11-3-2-8-25-15(11)13/h2-3,6-10H,4-5H2,1H3,(H,26,29). The summed E-state index contributed by atoms with van der Waals surface area (Å²) in [7, 11) is 0. The molecule has 5 nitrogen and oxygen atoms in total. The summed E-state index contributed by atoms with van der Waals surface area (Å²) in [6.45, 7) is 1.54. The molecule has 1 aromatic carbocycles. The first-order chi connectivity index (χ1) is 13.7. The van der Waals surface area contributed by atoms with Crippen molar-refractivity contribution in [1.82, 2.24) is 14.8 Å². The number of amides is 1. The second kappa shape index (κ2) is 7.39. The van der Waals surface area contributed by atoms with Crippen molar-refractivity contribution in [2.45, 2.75) is 37.9 Å². The first-order valence-corrected chi connectivity index (χ1v) is 10.5. The van der Waals surface area contributed by atoms with Gasteiger partial charge in [-0.05, 0) is 53.9 Å². The van der Waals surface area contributed by atoms with E-state index in [1.165, 1.54) is 11.6 Å². The van der Waals surface area contributed by atoms with Crippen LogP contribution in [0.4, 0.5) is 18.9 Å². The molecule has 10 heteroatoms. The van der Waals surface area contributed by atoms with Gasteiger partial charge in [-0.3, -0.25) is 14.5 Å². The number of fused-ring (bicyclic) bond motifs is 1. The highest BCUT2D eigenvalue weighted by Crippen LogP contribution is 2.47. The Morgan fingerprint density at radius 2 is 2.00 bits per heavy atom. The first-order valence-electron chi connectivity index (χ1n) is 8.87. The van der Waals surface area contributed by atoms with E-state index in [1.54, 1.807) is 24.4 Å². The van der Waals surface area contributed by atoms with Crippen molar-refractivity contribution in [2.75, 3.05) is 5.32 Å². The summed E-state index contributed by atoms with van der Waals surface area (Å²) >= 11 is 6.50. The number of hydrogen-bond acceptors (Lipinski definition) is 3. The van der Waals surface area contributed by atoms with Gasteiger partial charge in [-0.1, -0.05) is 22.0 Å². The van der Waals surface area contributed by atoms with E-state index >= 15 is 0 Å². The smallest absolute Gasteiger partial charge is 0.322 e. The lowest BCUT2D eigenvalue weighted by Crippen LogP contribution is -2.26. The first kappa shape index (κ1) is 20.3. The highest BCUT2D eigenvalue weighted by Gasteiger charge is 2.43. The van der Waals surface area contributed by atoms with Gasteiger partial charge in [0.2, 0.25) is 5.91 Å². The van der Waals surface area contributed by atoms with Gasteiger partial charge in [0.05, 0.1) is 21.4 Å². The van der Waals surface area contributed by atoms with Crippen molar-refractivity contribution < 1.29 is 18.0 Å². The minimum Gasteiger partial charge on any atom is -0.322 e. The van der Waals surface area contributed by atoms with E-state index in [9.17, 15) is 18.0 Å². The zero-order chi connectivity index (χ0) is 20.9. The summed E-state index contributed by atoms with van der Waals surface area (Å²) in [5.74, 6) is -0.497.